The lowest BCUT2D eigenvalue weighted by molar-refractivity contribution is 0.508. The first-order valence-corrected chi connectivity index (χ1v) is 5.61. The molecule has 1 aromatic rings. The second-order valence-electron chi connectivity index (χ2n) is 3.43. The number of aliphatic imine (C=N–C) groups is 1. The summed E-state index contributed by atoms with van der Waals surface area (Å²) in [7, 11) is 0. The van der Waals surface area contributed by atoms with Gasteiger partial charge < -0.3 is 10.6 Å². The van der Waals surface area contributed by atoms with E-state index in [0.29, 0.717) is 24.1 Å². The molecule has 5 heteroatoms. The fourth-order valence-electron chi connectivity index (χ4n) is 1.29. The van der Waals surface area contributed by atoms with Crippen LogP contribution in [0.15, 0.2) is 54.6 Å². The van der Waals surface area contributed by atoms with E-state index >= 15 is 0 Å². The van der Waals surface area contributed by atoms with Gasteiger partial charge in [0.2, 0.25) is 0 Å². The lowest BCUT2D eigenvalue weighted by atomic mass is 10.3. The Morgan fingerprint density at radius 2 is 1.72 bits per heavy atom. The molecule has 0 radical (unpaired) electrons. The number of hydrogen-bond acceptors (Lipinski definition) is 1. The van der Waals surface area contributed by atoms with Crippen molar-refractivity contribution in [2.24, 2.45) is 10.7 Å². The van der Waals surface area contributed by atoms with E-state index in [0.717, 1.165) is 5.69 Å². The van der Waals surface area contributed by atoms with Crippen molar-refractivity contribution in [2.75, 3.05) is 13.1 Å². The third-order valence-corrected chi connectivity index (χ3v) is 2.35. The van der Waals surface area contributed by atoms with Crippen LogP contribution in [0.4, 0.5) is 5.69 Å². The number of nitrogens with zero attached hydrogens (tertiary/aromatic N) is 2. The normalized spacial score (nSPS) is 10.4. The largest absolute Gasteiger partial charge is 0.369 e. The van der Waals surface area contributed by atoms with E-state index in [1.54, 1.807) is 24.3 Å². The van der Waals surface area contributed by atoms with Crippen molar-refractivity contribution in [3.8, 4) is 0 Å². The Bertz CT molecular complexity index is 403. The summed E-state index contributed by atoms with van der Waals surface area (Å²) in [6.45, 7) is 8.63. The summed E-state index contributed by atoms with van der Waals surface area (Å²) in [6, 6.07) is 7.18. The Balaban J connectivity index is 0.00000289. The molecule has 0 saturated carbocycles. The smallest absolute Gasteiger partial charge is 0.197 e. The van der Waals surface area contributed by atoms with Crippen LogP contribution in [0.25, 0.3) is 0 Å². The molecule has 1 aromatic carbocycles. The van der Waals surface area contributed by atoms with E-state index in [4.69, 9.17) is 17.3 Å². The van der Waals surface area contributed by atoms with Gasteiger partial charge in [0.05, 0.1) is 5.69 Å². The third kappa shape index (κ3) is 5.25. The highest BCUT2D eigenvalue weighted by Gasteiger charge is 2.03. The van der Waals surface area contributed by atoms with Gasteiger partial charge in [-0.05, 0) is 24.3 Å². The maximum Gasteiger partial charge on any atom is 0.197 e. The van der Waals surface area contributed by atoms with Gasteiger partial charge in [-0.3, -0.25) is 0 Å². The minimum atomic E-state index is 0. The van der Waals surface area contributed by atoms with Crippen LogP contribution in [0.3, 0.4) is 0 Å². The van der Waals surface area contributed by atoms with Gasteiger partial charge in [-0.25, -0.2) is 4.99 Å². The SMILES string of the molecule is C=CCN(CC=C)C(N)=Nc1ccc(Cl)cc1.Cl. The van der Waals surface area contributed by atoms with Crippen molar-refractivity contribution in [3.05, 3.63) is 54.6 Å². The van der Waals surface area contributed by atoms with Gasteiger partial charge >= 0.3 is 0 Å². The Kier molecular flexibility index (Phi) is 7.92. The van der Waals surface area contributed by atoms with Gasteiger partial charge in [0.25, 0.3) is 0 Å². The molecule has 0 saturated heterocycles. The van der Waals surface area contributed by atoms with Crippen molar-refractivity contribution in [1.29, 1.82) is 0 Å². The van der Waals surface area contributed by atoms with E-state index in [2.05, 4.69) is 18.2 Å². The highest BCUT2D eigenvalue weighted by molar-refractivity contribution is 6.30. The standard InChI is InChI=1S/C13H16ClN3.ClH/c1-3-9-17(10-4-2)13(15)16-12-7-5-11(14)6-8-12;/h3-8H,1-2,9-10H2,(H2,15,16);1H. The average molecular weight is 286 g/mol. The molecule has 0 fully saturated rings. The van der Waals surface area contributed by atoms with Gasteiger partial charge in [-0.2, -0.15) is 0 Å². The van der Waals surface area contributed by atoms with E-state index in [1.807, 2.05) is 17.0 Å². The van der Waals surface area contributed by atoms with E-state index in [9.17, 15) is 0 Å². The summed E-state index contributed by atoms with van der Waals surface area (Å²) in [5.74, 6) is 0.437. The van der Waals surface area contributed by atoms with Crippen LogP contribution in [-0.4, -0.2) is 23.9 Å². The first-order valence-electron chi connectivity index (χ1n) is 5.24. The number of guanidine groups is 1. The van der Waals surface area contributed by atoms with Crippen molar-refractivity contribution in [2.45, 2.75) is 0 Å². The van der Waals surface area contributed by atoms with Gasteiger partial charge in [-0.1, -0.05) is 23.8 Å². The molecule has 18 heavy (non-hydrogen) atoms. The molecule has 0 aromatic heterocycles. The quantitative estimate of drug-likeness (QED) is 0.512. The molecule has 0 aliphatic carbocycles. The van der Waals surface area contributed by atoms with E-state index in [-0.39, 0.29) is 12.4 Å². The number of halogens is 2. The maximum absolute atomic E-state index is 5.91. The monoisotopic (exact) mass is 285 g/mol. The number of nitrogens with two attached hydrogens (primary N) is 1. The molecule has 0 amide bonds. The Labute approximate surface area is 119 Å². The van der Waals surface area contributed by atoms with E-state index in [1.165, 1.54) is 0 Å². The highest BCUT2D eigenvalue weighted by atomic mass is 35.5. The highest BCUT2D eigenvalue weighted by Crippen LogP contribution is 2.16. The lowest BCUT2D eigenvalue weighted by Gasteiger charge is -2.19. The number of benzene rings is 1. The van der Waals surface area contributed by atoms with Crippen LogP contribution in [0.2, 0.25) is 5.02 Å². The van der Waals surface area contributed by atoms with Crippen molar-refractivity contribution >= 4 is 35.7 Å². The molecule has 98 valence electrons. The summed E-state index contributed by atoms with van der Waals surface area (Å²) in [5.41, 5.74) is 6.68. The molecular formula is C13H17Cl2N3. The van der Waals surface area contributed by atoms with Crippen LogP contribution in [0.5, 0.6) is 0 Å². The topological polar surface area (TPSA) is 41.6 Å². The minimum Gasteiger partial charge on any atom is -0.369 e. The summed E-state index contributed by atoms with van der Waals surface area (Å²) < 4.78 is 0. The number of hydrogen-bond donors (Lipinski definition) is 1. The second-order valence-corrected chi connectivity index (χ2v) is 3.87. The lowest BCUT2D eigenvalue weighted by Crippen LogP contribution is -2.37. The molecule has 0 heterocycles. The van der Waals surface area contributed by atoms with Crippen LogP contribution >= 0.6 is 24.0 Å². The zero-order chi connectivity index (χ0) is 12.7. The fourth-order valence-corrected chi connectivity index (χ4v) is 1.42. The summed E-state index contributed by atoms with van der Waals surface area (Å²) in [6.07, 6.45) is 3.54. The predicted molar refractivity (Wildman–Crippen MR) is 81.9 cm³/mol. The van der Waals surface area contributed by atoms with Gasteiger partial charge in [0.15, 0.2) is 5.96 Å². The molecule has 0 spiro atoms. The van der Waals surface area contributed by atoms with Crippen LogP contribution in [0.1, 0.15) is 0 Å². The van der Waals surface area contributed by atoms with Crippen LogP contribution in [-0.2, 0) is 0 Å². The molecule has 0 aliphatic rings. The van der Waals surface area contributed by atoms with Crippen molar-refractivity contribution in [3.63, 3.8) is 0 Å². The van der Waals surface area contributed by atoms with Crippen LogP contribution in [0, 0.1) is 0 Å². The third-order valence-electron chi connectivity index (χ3n) is 2.09. The molecule has 0 atom stereocenters. The Morgan fingerprint density at radius 1 is 1.22 bits per heavy atom. The first kappa shape index (κ1) is 16.6. The number of rotatable bonds is 5. The average Bonchev–Trinajstić information content (AvgIpc) is 2.32. The minimum absolute atomic E-state index is 0. The first-order chi connectivity index (χ1) is 8.17. The summed E-state index contributed by atoms with van der Waals surface area (Å²) >= 11 is 5.79. The van der Waals surface area contributed by atoms with Gasteiger partial charge in [-0.15, -0.1) is 25.6 Å². The summed E-state index contributed by atoms with van der Waals surface area (Å²) in [4.78, 5) is 6.17. The Morgan fingerprint density at radius 3 is 2.17 bits per heavy atom. The summed E-state index contributed by atoms with van der Waals surface area (Å²) in [5, 5.41) is 0.677. The zero-order valence-corrected chi connectivity index (χ0v) is 11.6. The van der Waals surface area contributed by atoms with Gasteiger partial charge in [0, 0.05) is 18.1 Å². The van der Waals surface area contributed by atoms with Gasteiger partial charge in [0.1, 0.15) is 0 Å². The predicted octanol–water partition coefficient (Wildman–Crippen LogP) is 3.38. The van der Waals surface area contributed by atoms with E-state index < -0.39 is 0 Å². The maximum atomic E-state index is 5.91. The molecule has 0 unspecified atom stereocenters. The zero-order valence-electron chi connectivity index (χ0n) is 10.1. The molecule has 3 nitrogen and oxygen atoms in total. The van der Waals surface area contributed by atoms with Crippen molar-refractivity contribution in [1.82, 2.24) is 4.90 Å². The molecule has 0 aliphatic heterocycles. The molecule has 1 rings (SSSR count). The van der Waals surface area contributed by atoms with Crippen molar-refractivity contribution < 1.29 is 0 Å². The van der Waals surface area contributed by atoms with Crippen LogP contribution < -0.4 is 5.73 Å². The second kappa shape index (κ2) is 8.61. The molecule has 0 bridgehead atoms. The molecular weight excluding hydrogens is 269 g/mol. The molecule has 2 N–H and O–H groups in total. The Hall–Kier alpha value is -1.45. The fraction of sp³-hybridized carbons (Fsp3) is 0.154.